The van der Waals surface area contributed by atoms with Crippen LogP contribution in [0.5, 0.6) is 0 Å². The summed E-state index contributed by atoms with van der Waals surface area (Å²) in [5.41, 5.74) is -0.00561. The summed E-state index contributed by atoms with van der Waals surface area (Å²) < 4.78 is 44.6. The molecule has 0 saturated carbocycles. The van der Waals surface area contributed by atoms with Crippen LogP contribution < -0.4 is 4.72 Å². The standard InChI is InChI=1S/C11H11ClFN3O4S/c12-11-7(5-17)3-8(4-9(11)13)21(18,19)16-2-1-10-14-6-15-20-10/h3-4,6,16-17H,1-2,5H2. The zero-order chi connectivity index (χ0) is 15.5. The Morgan fingerprint density at radius 1 is 1.43 bits per heavy atom. The number of benzene rings is 1. The second-order valence-corrected chi connectivity index (χ2v) is 6.16. The van der Waals surface area contributed by atoms with Gasteiger partial charge >= 0.3 is 0 Å². The van der Waals surface area contributed by atoms with Gasteiger partial charge in [0.25, 0.3) is 0 Å². The van der Waals surface area contributed by atoms with Gasteiger partial charge in [0.15, 0.2) is 6.33 Å². The van der Waals surface area contributed by atoms with Crippen molar-refractivity contribution in [3.8, 4) is 0 Å². The summed E-state index contributed by atoms with van der Waals surface area (Å²) in [6.07, 6.45) is 1.40. The summed E-state index contributed by atoms with van der Waals surface area (Å²) in [4.78, 5) is 3.42. The van der Waals surface area contributed by atoms with Crippen molar-refractivity contribution in [1.29, 1.82) is 0 Å². The molecule has 114 valence electrons. The Labute approximate surface area is 124 Å². The Hall–Kier alpha value is -1.55. The van der Waals surface area contributed by atoms with Crippen LogP contribution in [0, 0.1) is 5.82 Å². The van der Waals surface area contributed by atoms with Gasteiger partial charge in [-0.3, -0.25) is 0 Å². The lowest BCUT2D eigenvalue weighted by atomic mass is 10.2. The summed E-state index contributed by atoms with van der Waals surface area (Å²) in [7, 11) is -3.93. The van der Waals surface area contributed by atoms with E-state index in [4.69, 9.17) is 21.2 Å². The number of nitrogens with one attached hydrogen (secondary N) is 1. The lowest BCUT2D eigenvalue weighted by molar-refractivity contribution is 0.281. The zero-order valence-electron chi connectivity index (χ0n) is 10.6. The topological polar surface area (TPSA) is 105 Å². The molecule has 0 aliphatic rings. The summed E-state index contributed by atoms with van der Waals surface area (Å²) in [5, 5.41) is 12.1. The molecule has 2 rings (SSSR count). The summed E-state index contributed by atoms with van der Waals surface area (Å²) >= 11 is 5.61. The van der Waals surface area contributed by atoms with E-state index in [1.165, 1.54) is 6.33 Å². The molecule has 7 nitrogen and oxygen atoms in total. The highest BCUT2D eigenvalue weighted by atomic mass is 35.5. The van der Waals surface area contributed by atoms with Gasteiger partial charge in [-0.25, -0.2) is 17.5 Å². The molecule has 0 aliphatic carbocycles. The fourth-order valence-corrected chi connectivity index (χ4v) is 2.83. The van der Waals surface area contributed by atoms with Gasteiger partial charge in [-0.1, -0.05) is 16.8 Å². The molecule has 2 N–H and O–H groups in total. The minimum Gasteiger partial charge on any atom is -0.392 e. The third-order valence-corrected chi connectivity index (χ3v) is 4.46. The van der Waals surface area contributed by atoms with Gasteiger partial charge < -0.3 is 9.63 Å². The average molecular weight is 336 g/mol. The number of hydrogen-bond acceptors (Lipinski definition) is 6. The maximum absolute atomic E-state index is 13.5. The first-order chi connectivity index (χ1) is 9.94. The fourth-order valence-electron chi connectivity index (χ4n) is 1.57. The van der Waals surface area contributed by atoms with Crippen LogP contribution in [0.1, 0.15) is 11.5 Å². The molecule has 0 spiro atoms. The van der Waals surface area contributed by atoms with Gasteiger partial charge in [0, 0.05) is 18.5 Å². The van der Waals surface area contributed by atoms with Crippen LogP contribution in [-0.4, -0.2) is 30.2 Å². The van der Waals surface area contributed by atoms with Crippen molar-refractivity contribution in [2.24, 2.45) is 0 Å². The molecule has 1 aromatic carbocycles. The van der Waals surface area contributed by atoms with Crippen molar-refractivity contribution in [1.82, 2.24) is 14.9 Å². The summed E-state index contributed by atoms with van der Waals surface area (Å²) in [5.74, 6) is -0.642. The quantitative estimate of drug-likeness (QED) is 0.811. The molecule has 10 heteroatoms. The average Bonchev–Trinajstić information content (AvgIpc) is 2.94. The number of aliphatic hydroxyl groups is 1. The second-order valence-electron chi connectivity index (χ2n) is 4.02. The fraction of sp³-hybridized carbons (Fsp3) is 0.273. The highest BCUT2D eigenvalue weighted by Crippen LogP contribution is 2.24. The van der Waals surface area contributed by atoms with E-state index in [-0.39, 0.29) is 34.3 Å². The number of aliphatic hydroxyl groups excluding tert-OH is 1. The van der Waals surface area contributed by atoms with Crippen LogP contribution in [0.3, 0.4) is 0 Å². The molecule has 0 amide bonds. The molecule has 0 bridgehead atoms. The first kappa shape index (κ1) is 15.8. The van der Waals surface area contributed by atoms with Crippen LogP contribution in [0.4, 0.5) is 4.39 Å². The normalized spacial score (nSPS) is 11.8. The van der Waals surface area contributed by atoms with E-state index in [1.54, 1.807) is 0 Å². The van der Waals surface area contributed by atoms with E-state index < -0.39 is 22.4 Å². The van der Waals surface area contributed by atoms with Gasteiger partial charge in [-0.2, -0.15) is 4.98 Å². The molecule has 0 fully saturated rings. The number of aromatic nitrogens is 2. The number of rotatable bonds is 6. The zero-order valence-corrected chi connectivity index (χ0v) is 12.2. The Bertz CT molecular complexity index is 721. The Morgan fingerprint density at radius 3 is 2.81 bits per heavy atom. The monoisotopic (exact) mass is 335 g/mol. The molecule has 1 aromatic heterocycles. The number of nitrogens with zero attached hydrogens (tertiary/aromatic N) is 2. The van der Waals surface area contributed by atoms with Crippen molar-refractivity contribution in [3.05, 3.63) is 40.8 Å². The van der Waals surface area contributed by atoms with Gasteiger partial charge in [0.2, 0.25) is 15.9 Å². The molecule has 0 aliphatic heterocycles. The lowest BCUT2D eigenvalue weighted by Crippen LogP contribution is -2.26. The van der Waals surface area contributed by atoms with Gasteiger partial charge in [-0.15, -0.1) is 0 Å². The van der Waals surface area contributed by atoms with Gasteiger partial charge in [-0.05, 0) is 12.1 Å². The predicted molar refractivity (Wildman–Crippen MR) is 70.5 cm³/mol. The first-order valence-corrected chi connectivity index (χ1v) is 7.64. The highest BCUT2D eigenvalue weighted by molar-refractivity contribution is 7.89. The number of sulfonamides is 1. The smallest absolute Gasteiger partial charge is 0.240 e. The molecule has 0 saturated heterocycles. The Morgan fingerprint density at radius 2 is 2.19 bits per heavy atom. The Kier molecular flexibility index (Phi) is 4.88. The van der Waals surface area contributed by atoms with Crippen molar-refractivity contribution in [2.45, 2.75) is 17.9 Å². The van der Waals surface area contributed by atoms with Crippen molar-refractivity contribution < 1.29 is 22.4 Å². The number of hydrogen-bond donors (Lipinski definition) is 2. The maximum Gasteiger partial charge on any atom is 0.240 e. The van der Waals surface area contributed by atoms with Crippen LogP contribution >= 0.6 is 11.6 Å². The largest absolute Gasteiger partial charge is 0.392 e. The van der Waals surface area contributed by atoms with Crippen LogP contribution in [0.25, 0.3) is 0 Å². The van der Waals surface area contributed by atoms with E-state index in [2.05, 4.69) is 14.9 Å². The highest BCUT2D eigenvalue weighted by Gasteiger charge is 2.18. The van der Waals surface area contributed by atoms with E-state index in [0.29, 0.717) is 0 Å². The second kappa shape index (κ2) is 6.48. The summed E-state index contributed by atoms with van der Waals surface area (Å²) in [6.45, 7) is -0.565. The first-order valence-electron chi connectivity index (χ1n) is 5.78. The molecule has 21 heavy (non-hydrogen) atoms. The van der Waals surface area contributed by atoms with Gasteiger partial charge in [0.05, 0.1) is 16.5 Å². The number of halogens is 2. The van der Waals surface area contributed by atoms with Crippen molar-refractivity contribution in [3.63, 3.8) is 0 Å². The van der Waals surface area contributed by atoms with Crippen molar-refractivity contribution >= 4 is 21.6 Å². The van der Waals surface area contributed by atoms with Crippen LogP contribution in [-0.2, 0) is 23.1 Å². The van der Waals surface area contributed by atoms with E-state index in [9.17, 15) is 12.8 Å². The SMILES string of the molecule is O=S(=O)(NCCc1ncno1)c1cc(F)c(Cl)c(CO)c1. The molecular weight excluding hydrogens is 325 g/mol. The van der Waals surface area contributed by atoms with E-state index in [1.807, 2.05) is 0 Å². The molecule has 2 aromatic rings. The van der Waals surface area contributed by atoms with E-state index >= 15 is 0 Å². The molecule has 0 unspecified atom stereocenters. The minimum absolute atomic E-state index is 0.00320. The molecule has 1 heterocycles. The predicted octanol–water partition coefficient (Wildman–Crippen LogP) is 0.875. The Balaban J connectivity index is 2.13. The molecule has 0 radical (unpaired) electrons. The van der Waals surface area contributed by atoms with Crippen LogP contribution in [0.15, 0.2) is 27.9 Å². The maximum atomic E-state index is 13.5. The lowest BCUT2D eigenvalue weighted by Gasteiger charge is -2.09. The third-order valence-electron chi connectivity index (χ3n) is 2.60. The van der Waals surface area contributed by atoms with Gasteiger partial charge in [0.1, 0.15) is 5.82 Å². The van der Waals surface area contributed by atoms with E-state index in [0.717, 1.165) is 12.1 Å². The van der Waals surface area contributed by atoms with Crippen molar-refractivity contribution in [2.75, 3.05) is 6.54 Å². The molecular formula is C11H11ClFN3O4S. The third kappa shape index (κ3) is 3.76. The minimum atomic E-state index is -3.93. The van der Waals surface area contributed by atoms with Crippen LogP contribution in [0.2, 0.25) is 5.02 Å². The molecule has 0 atom stereocenters. The summed E-state index contributed by atoms with van der Waals surface area (Å²) in [6, 6.07) is 1.90.